The first kappa shape index (κ1) is 17.4. The zero-order chi connectivity index (χ0) is 18.8. The Bertz CT molecular complexity index is 1030. The van der Waals surface area contributed by atoms with Crippen LogP contribution in [0, 0.1) is 6.92 Å². The quantitative estimate of drug-likeness (QED) is 0.731. The molecule has 1 saturated heterocycles. The van der Waals surface area contributed by atoms with Crippen molar-refractivity contribution in [3.63, 3.8) is 0 Å². The second kappa shape index (κ2) is 7.32. The molecule has 3 heterocycles. The molecule has 0 spiro atoms. The Hall–Kier alpha value is -3.00. The highest BCUT2D eigenvalue weighted by Gasteiger charge is 2.17. The Morgan fingerprint density at radius 1 is 1.37 bits per heavy atom. The molecular weight excluding hydrogens is 346 g/mol. The predicted molar refractivity (Wildman–Crippen MR) is 99.8 cm³/mol. The maximum Gasteiger partial charge on any atom is 0.264 e. The number of aromatic nitrogens is 4. The summed E-state index contributed by atoms with van der Waals surface area (Å²) in [4.78, 5) is 29.2. The maximum absolute atomic E-state index is 12.7. The van der Waals surface area contributed by atoms with Crippen molar-refractivity contribution in [1.29, 1.82) is 0 Å². The number of nitrogens with zero attached hydrogens (tertiary/aromatic N) is 4. The van der Waals surface area contributed by atoms with Gasteiger partial charge >= 0.3 is 0 Å². The van der Waals surface area contributed by atoms with Gasteiger partial charge in [-0.1, -0.05) is 18.2 Å². The van der Waals surface area contributed by atoms with Crippen molar-refractivity contribution >= 4 is 16.9 Å². The molecule has 1 aromatic carbocycles. The number of carbonyl (C=O) groups is 1. The highest BCUT2D eigenvalue weighted by molar-refractivity contribution is 5.78. The molecule has 3 aromatic rings. The van der Waals surface area contributed by atoms with E-state index in [1.54, 1.807) is 4.68 Å². The van der Waals surface area contributed by atoms with E-state index in [0.29, 0.717) is 17.6 Å². The molecule has 1 fully saturated rings. The van der Waals surface area contributed by atoms with Gasteiger partial charge in [-0.3, -0.25) is 14.2 Å². The third kappa shape index (κ3) is 3.48. The van der Waals surface area contributed by atoms with Gasteiger partial charge in [0.15, 0.2) is 5.65 Å². The van der Waals surface area contributed by atoms with Crippen molar-refractivity contribution in [2.45, 2.75) is 32.4 Å². The second-order valence-corrected chi connectivity index (χ2v) is 6.70. The monoisotopic (exact) mass is 367 g/mol. The molecule has 1 atom stereocenters. The van der Waals surface area contributed by atoms with Crippen LogP contribution in [0.5, 0.6) is 0 Å². The number of fused-ring (bicyclic) bond motifs is 1. The van der Waals surface area contributed by atoms with Crippen LogP contribution in [0.25, 0.3) is 16.7 Å². The van der Waals surface area contributed by atoms with E-state index in [1.807, 2.05) is 31.2 Å². The summed E-state index contributed by atoms with van der Waals surface area (Å²) >= 11 is 0. The van der Waals surface area contributed by atoms with Gasteiger partial charge in [-0.05, 0) is 31.4 Å². The van der Waals surface area contributed by atoms with E-state index >= 15 is 0 Å². The van der Waals surface area contributed by atoms with Gasteiger partial charge in [0.05, 0.1) is 18.0 Å². The van der Waals surface area contributed by atoms with Crippen LogP contribution in [0.15, 0.2) is 41.6 Å². The standard InChI is InChI=1S/C19H21N5O3/c1-13-5-2-3-7-16(13)24-18-15(10-22-24)19(26)23(12-21-18)11-17(25)20-9-14-6-4-8-27-14/h2-3,5,7,10,12,14H,4,6,8-9,11H2,1H3,(H,20,25)/t14-/m1/s1. The lowest BCUT2D eigenvalue weighted by molar-refractivity contribution is -0.122. The Balaban J connectivity index is 1.55. The van der Waals surface area contributed by atoms with Crippen LogP contribution < -0.4 is 10.9 Å². The van der Waals surface area contributed by atoms with Gasteiger partial charge < -0.3 is 10.1 Å². The minimum Gasteiger partial charge on any atom is -0.376 e. The molecule has 0 aliphatic carbocycles. The molecule has 2 aromatic heterocycles. The fraction of sp³-hybridized carbons (Fsp3) is 0.368. The Morgan fingerprint density at radius 2 is 2.22 bits per heavy atom. The number of hydrogen-bond acceptors (Lipinski definition) is 5. The van der Waals surface area contributed by atoms with Crippen LogP contribution in [0.3, 0.4) is 0 Å². The van der Waals surface area contributed by atoms with Crippen LogP contribution in [0.2, 0.25) is 0 Å². The molecule has 140 valence electrons. The Kier molecular flexibility index (Phi) is 4.72. The summed E-state index contributed by atoms with van der Waals surface area (Å²) in [5, 5.41) is 7.52. The smallest absolute Gasteiger partial charge is 0.264 e. The molecule has 0 radical (unpaired) electrons. The average molecular weight is 367 g/mol. The molecule has 0 bridgehead atoms. The van der Waals surface area contributed by atoms with E-state index < -0.39 is 0 Å². The zero-order valence-corrected chi connectivity index (χ0v) is 15.1. The maximum atomic E-state index is 12.7. The van der Waals surface area contributed by atoms with Gasteiger partial charge in [0.1, 0.15) is 18.3 Å². The Labute approximate surface area is 155 Å². The van der Waals surface area contributed by atoms with Gasteiger partial charge in [-0.15, -0.1) is 0 Å². The van der Waals surface area contributed by atoms with Crippen molar-refractivity contribution in [3.05, 3.63) is 52.7 Å². The molecule has 1 N–H and O–H groups in total. The number of ether oxygens (including phenoxy) is 1. The molecule has 0 unspecified atom stereocenters. The number of amides is 1. The molecule has 27 heavy (non-hydrogen) atoms. The summed E-state index contributed by atoms with van der Waals surface area (Å²) in [5.74, 6) is -0.236. The van der Waals surface area contributed by atoms with Crippen LogP contribution in [0.1, 0.15) is 18.4 Å². The lowest BCUT2D eigenvalue weighted by Crippen LogP contribution is -2.36. The van der Waals surface area contributed by atoms with Crippen LogP contribution >= 0.6 is 0 Å². The number of para-hydroxylation sites is 1. The van der Waals surface area contributed by atoms with E-state index in [-0.39, 0.29) is 24.1 Å². The highest BCUT2D eigenvalue weighted by atomic mass is 16.5. The van der Waals surface area contributed by atoms with Crippen molar-refractivity contribution < 1.29 is 9.53 Å². The van der Waals surface area contributed by atoms with Crippen LogP contribution in [0.4, 0.5) is 0 Å². The van der Waals surface area contributed by atoms with Gasteiger partial charge in [0.25, 0.3) is 5.56 Å². The fourth-order valence-electron chi connectivity index (χ4n) is 3.28. The minimum absolute atomic E-state index is 0.0682. The van der Waals surface area contributed by atoms with E-state index in [4.69, 9.17) is 4.74 Å². The van der Waals surface area contributed by atoms with Crippen LogP contribution in [-0.4, -0.2) is 44.5 Å². The largest absolute Gasteiger partial charge is 0.376 e. The second-order valence-electron chi connectivity index (χ2n) is 6.70. The lowest BCUT2D eigenvalue weighted by Gasteiger charge is -2.11. The normalized spacial score (nSPS) is 16.7. The summed E-state index contributed by atoms with van der Waals surface area (Å²) in [6, 6.07) is 7.76. The molecule has 1 aliphatic heterocycles. The first-order chi connectivity index (χ1) is 13.1. The molecule has 1 aliphatic rings. The summed E-state index contributed by atoms with van der Waals surface area (Å²) in [6.45, 7) is 3.10. The number of nitrogens with one attached hydrogen (secondary N) is 1. The number of benzene rings is 1. The summed E-state index contributed by atoms with van der Waals surface area (Å²) in [5.41, 5.74) is 2.09. The summed E-state index contributed by atoms with van der Waals surface area (Å²) < 4.78 is 8.43. The van der Waals surface area contributed by atoms with E-state index in [1.165, 1.54) is 17.1 Å². The van der Waals surface area contributed by atoms with Crippen molar-refractivity contribution in [2.75, 3.05) is 13.2 Å². The first-order valence-corrected chi connectivity index (χ1v) is 9.01. The zero-order valence-electron chi connectivity index (χ0n) is 15.1. The van der Waals surface area contributed by atoms with E-state index in [0.717, 1.165) is 30.7 Å². The van der Waals surface area contributed by atoms with Crippen LogP contribution in [-0.2, 0) is 16.1 Å². The molecule has 8 heteroatoms. The minimum atomic E-state index is -0.285. The van der Waals surface area contributed by atoms with Crippen molar-refractivity contribution in [2.24, 2.45) is 0 Å². The van der Waals surface area contributed by atoms with E-state index in [2.05, 4.69) is 15.4 Å². The topological polar surface area (TPSA) is 91.0 Å². The number of rotatable bonds is 5. The third-order valence-corrected chi connectivity index (χ3v) is 4.76. The number of aryl methyl sites for hydroxylation is 1. The van der Waals surface area contributed by atoms with Crippen molar-refractivity contribution in [3.8, 4) is 5.69 Å². The number of carbonyl (C=O) groups excluding carboxylic acids is 1. The Morgan fingerprint density at radius 3 is 3.00 bits per heavy atom. The number of hydrogen-bond donors (Lipinski definition) is 1. The molecule has 4 rings (SSSR count). The molecule has 8 nitrogen and oxygen atoms in total. The summed E-state index contributed by atoms with van der Waals surface area (Å²) in [7, 11) is 0. The SMILES string of the molecule is Cc1ccccc1-n1ncc2c(=O)n(CC(=O)NC[C@H]3CCCO3)cnc21. The highest BCUT2D eigenvalue weighted by Crippen LogP contribution is 2.17. The summed E-state index contributed by atoms with van der Waals surface area (Å²) in [6.07, 6.45) is 4.93. The third-order valence-electron chi connectivity index (χ3n) is 4.76. The molecule has 0 saturated carbocycles. The van der Waals surface area contributed by atoms with E-state index in [9.17, 15) is 9.59 Å². The molecule has 1 amide bonds. The van der Waals surface area contributed by atoms with Crippen molar-refractivity contribution in [1.82, 2.24) is 24.6 Å². The lowest BCUT2D eigenvalue weighted by atomic mass is 10.2. The van der Waals surface area contributed by atoms with Gasteiger partial charge in [0, 0.05) is 13.2 Å². The van der Waals surface area contributed by atoms with Gasteiger partial charge in [-0.2, -0.15) is 5.10 Å². The van der Waals surface area contributed by atoms with Gasteiger partial charge in [-0.25, -0.2) is 9.67 Å². The fourth-order valence-corrected chi connectivity index (χ4v) is 3.28. The van der Waals surface area contributed by atoms with Gasteiger partial charge in [0.2, 0.25) is 5.91 Å². The predicted octanol–water partition coefficient (Wildman–Crippen LogP) is 1.19. The first-order valence-electron chi connectivity index (χ1n) is 9.01. The molecular formula is C19H21N5O3. The average Bonchev–Trinajstić information content (AvgIpc) is 3.33.